The van der Waals surface area contributed by atoms with E-state index >= 15 is 0 Å². The quantitative estimate of drug-likeness (QED) is 0.768. The minimum Gasteiger partial charge on any atom is -0.492 e. The van der Waals surface area contributed by atoms with Crippen LogP contribution < -0.4 is 4.74 Å². The van der Waals surface area contributed by atoms with Crippen molar-refractivity contribution in [1.82, 2.24) is 9.80 Å². The van der Waals surface area contributed by atoms with E-state index in [0.29, 0.717) is 6.61 Å². The van der Waals surface area contributed by atoms with Gasteiger partial charge in [0.15, 0.2) is 0 Å². The SMILES string of the molecule is CN(CCOc1ccc(Cl)cc1)CCN1CCOCC1. The van der Waals surface area contributed by atoms with E-state index in [0.717, 1.165) is 56.7 Å². The summed E-state index contributed by atoms with van der Waals surface area (Å²) in [6, 6.07) is 7.49. The van der Waals surface area contributed by atoms with Crippen LogP contribution in [0.15, 0.2) is 24.3 Å². The molecule has 2 rings (SSSR count). The fourth-order valence-corrected chi connectivity index (χ4v) is 2.22. The fourth-order valence-electron chi connectivity index (χ4n) is 2.10. The number of morpholine rings is 1. The molecule has 0 amide bonds. The smallest absolute Gasteiger partial charge is 0.119 e. The lowest BCUT2D eigenvalue weighted by molar-refractivity contribution is 0.0340. The van der Waals surface area contributed by atoms with E-state index in [4.69, 9.17) is 21.1 Å². The molecule has 1 fully saturated rings. The molecule has 1 aromatic rings. The van der Waals surface area contributed by atoms with Crippen LogP contribution in [0.25, 0.3) is 0 Å². The first kappa shape index (κ1) is 15.6. The number of likely N-dealkylation sites (N-methyl/N-ethyl adjacent to an activating group) is 1. The summed E-state index contributed by atoms with van der Waals surface area (Å²) in [6.45, 7) is 7.61. The minimum absolute atomic E-state index is 0.696. The highest BCUT2D eigenvalue weighted by Gasteiger charge is 2.10. The maximum atomic E-state index is 5.83. The molecule has 1 aliphatic rings. The van der Waals surface area contributed by atoms with Gasteiger partial charge in [-0.05, 0) is 31.3 Å². The van der Waals surface area contributed by atoms with Gasteiger partial charge >= 0.3 is 0 Å². The Morgan fingerprint density at radius 2 is 1.90 bits per heavy atom. The first-order valence-corrected chi connectivity index (χ1v) is 7.49. The molecule has 1 aliphatic heterocycles. The summed E-state index contributed by atoms with van der Waals surface area (Å²) in [5.41, 5.74) is 0. The van der Waals surface area contributed by atoms with E-state index in [9.17, 15) is 0 Å². The molecule has 0 bridgehead atoms. The monoisotopic (exact) mass is 298 g/mol. The second-order valence-electron chi connectivity index (χ2n) is 5.06. The molecule has 0 radical (unpaired) electrons. The molecule has 5 heteroatoms. The lowest BCUT2D eigenvalue weighted by Crippen LogP contribution is -2.41. The zero-order valence-electron chi connectivity index (χ0n) is 12.1. The second-order valence-corrected chi connectivity index (χ2v) is 5.50. The molecule has 4 nitrogen and oxygen atoms in total. The Labute approximate surface area is 126 Å². The summed E-state index contributed by atoms with van der Waals surface area (Å²) < 4.78 is 11.0. The summed E-state index contributed by atoms with van der Waals surface area (Å²) in [5, 5.41) is 0.736. The van der Waals surface area contributed by atoms with Crippen LogP contribution in [0.1, 0.15) is 0 Å². The number of rotatable bonds is 7. The number of hydrogen-bond donors (Lipinski definition) is 0. The number of nitrogens with zero attached hydrogens (tertiary/aromatic N) is 2. The molecule has 112 valence electrons. The average Bonchev–Trinajstić information content (AvgIpc) is 2.48. The standard InChI is InChI=1S/C15H23ClN2O2/c1-17(6-7-18-9-11-19-12-10-18)8-13-20-15-4-2-14(16)3-5-15/h2-5H,6-13H2,1H3. The summed E-state index contributed by atoms with van der Waals surface area (Å²) in [6.07, 6.45) is 0. The predicted molar refractivity (Wildman–Crippen MR) is 81.7 cm³/mol. The Morgan fingerprint density at radius 1 is 1.20 bits per heavy atom. The van der Waals surface area contributed by atoms with Crippen molar-refractivity contribution in [3.8, 4) is 5.75 Å². The van der Waals surface area contributed by atoms with E-state index in [1.807, 2.05) is 24.3 Å². The molecular formula is C15H23ClN2O2. The van der Waals surface area contributed by atoms with Gasteiger partial charge in [-0.1, -0.05) is 11.6 Å². The number of hydrogen-bond acceptors (Lipinski definition) is 4. The summed E-state index contributed by atoms with van der Waals surface area (Å²) in [4.78, 5) is 4.74. The van der Waals surface area contributed by atoms with Crippen LogP contribution in [0.5, 0.6) is 5.75 Å². The van der Waals surface area contributed by atoms with Crippen LogP contribution in [0, 0.1) is 0 Å². The summed E-state index contributed by atoms with van der Waals surface area (Å²) in [7, 11) is 2.13. The van der Waals surface area contributed by atoms with Crippen LogP contribution in [-0.2, 0) is 4.74 Å². The van der Waals surface area contributed by atoms with Crippen LogP contribution in [0.2, 0.25) is 5.02 Å². The molecule has 0 unspecified atom stereocenters. The van der Waals surface area contributed by atoms with E-state index in [2.05, 4.69) is 16.8 Å². The molecule has 0 saturated carbocycles. The molecule has 0 aliphatic carbocycles. The molecule has 1 saturated heterocycles. The van der Waals surface area contributed by atoms with Gasteiger partial charge in [-0.2, -0.15) is 0 Å². The van der Waals surface area contributed by atoms with Gasteiger partial charge in [0.05, 0.1) is 13.2 Å². The van der Waals surface area contributed by atoms with E-state index < -0.39 is 0 Å². The second kappa shape index (κ2) is 8.47. The van der Waals surface area contributed by atoms with E-state index in [1.165, 1.54) is 0 Å². The first-order valence-electron chi connectivity index (χ1n) is 7.11. The molecular weight excluding hydrogens is 276 g/mol. The third-order valence-electron chi connectivity index (χ3n) is 3.46. The summed E-state index contributed by atoms with van der Waals surface area (Å²) in [5.74, 6) is 0.871. The van der Waals surface area contributed by atoms with Gasteiger partial charge in [0, 0.05) is 37.7 Å². The van der Waals surface area contributed by atoms with Crippen LogP contribution in [0.3, 0.4) is 0 Å². The summed E-state index contributed by atoms with van der Waals surface area (Å²) >= 11 is 5.83. The van der Waals surface area contributed by atoms with E-state index in [1.54, 1.807) is 0 Å². The maximum Gasteiger partial charge on any atom is 0.119 e. The van der Waals surface area contributed by atoms with Crippen molar-refractivity contribution in [2.45, 2.75) is 0 Å². The average molecular weight is 299 g/mol. The zero-order valence-corrected chi connectivity index (χ0v) is 12.8. The Bertz CT molecular complexity index is 380. The van der Waals surface area contributed by atoms with Crippen LogP contribution in [0.4, 0.5) is 0 Å². The highest BCUT2D eigenvalue weighted by atomic mass is 35.5. The Balaban J connectivity index is 1.57. The highest BCUT2D eigenvalue weighted by Crippen LogP contribution is 2.15. The lowest BCUT2D eigenvalue weighted by atomic mass is 10.3. The van der Waals surface area contributed by atoms with Crippen molar-refractivity contribution in [1.29, 1.82) is 0 Å². The van der Waals surface area contributed by atoms with Crippen molar-refractivity contribution >= 4 is 11.6 Å². The van der Waals surface area contributed by atoms with Gasteiger partial charge in [0.25, 0.3) is 0 Å². The third kappa shape index (κ3) is 5.67. The van der Waals surface area contributed by atoms with Crippen LogP contribution in [-0.4, -0.2) is 69.4 Å². The first-order chi connectivity index (χ1) is 9.74. The van der Waals surface area contributed by atoms with Gasteiger partial charge in [0.1, 0.15) is 12.4 Å². The Hall–Kier alpha value is -0.810. The number of benzene rings is 1. The zero-order chi connectivity index (χ0) is 14.2. The molecule has 0 spiro atoms. The normalized spacial score (nSPS) is 16.6. The van der Waals surface area contributed by atoms with Crippen LogP contribution >= 0.6 is 11.6 Å². The number of halogens is 1. The van der Waals surface area contributed by atoms with Crippen molar-refractivity contribution in [3.63, 3.8) is 0 Å². The fraction of sp³-hybridized carbons (Fsp3) is 0.600. The van der Waals surface area contributed by atoms with E-state index in [-0.39, 0.29) is 0 Å². The number of ether oxygens (including phenoxy) is 2. The van der Waals surface area contributed by atoms with Crippen molar-refractivity contribution in [2.24, 2.45) is 0 Å². The van der Waals surface area contributed by atoms with Gasteiger partial charge < -0.3 is 14.4 Å². The minimum atomic E-state index is 0.696. The highest BCUT2D eigenvalue weighted by molar-refractivity contribution is 6.30. The Kier molecular flexibility index (Phi) is 6.60. The molecule has 0 N–H and O–H groups in total. The largest absolute Gasteiger partial charge is 0.492 e. The van der Waals surface area contributed by atoms with Gasteiger partial charge in [-0.25, -0.2) is 0 Å². The molecule has 1 aromatic carbocycles. The predicted octanol–water partition coefficient (Wildman–Crippen LogP) is 1.98. The van der Waals surface area contributed by atoms with Gasteiger partial charge in [0.2, 0.25) is 0 Å². The molecule has 20 heavy (non-hydrogen) atoms. The van der Waals surface area contributed by atoms with Crippen molar-refractivity contribution < 1.29 is 9.47 Å². The van der Waals surface area contributed by atoms with Gasteiger partial charge in [-0.15, -0.1) is 0 Å². The maximum absolute atomic E-state index is 5.83. The van der Waals surface area contributed by atoms with Crippen molar-refractivity contribution in [2.75, 3.05) is 59.6 Å². The molecule has 1 heterocycles. The topological polar surface area (TPSA) is 24.9 Å². The molecule has 0 aromatic heterocycles. The van der Waals surface area contributed by atoms with Crippen molar-refractivity contribution in [3.05, 3.63) is 29.3 Å². The lowest BCUT2D eigenvalue weighted by Gasteiger charge is -2.28. The Morgan fingerprint density at radius 3 is 2.60 bits per heavy atom. The molecule has 0 atom stereocenters. The van der Waals surface area contributed by atoms with Gasteiger partial charge in [-0.3, -0.25) is 4.90 Å². The third-order valence-corrected chi connectivity index (χ3v) is 3.71.